The van der Waals surface area contributed by atoms with E-state index >= 15 is 0 Å². The number of aromatic hydroxyl groups is 1. The summed E-state index contributed by atoms with van der Waals surface area (Å²) in [4.78, 5) is 2.33. The van der Waals surface area contributed by atoms with Gasteiger partial charge in [-0.15, -0.1) is 23.5 Å². The Kier molecular flexibility index (Phi) is 28.8. The number of thioether (sulfide) groups is 2. The van der Waals surface area contributed by atoms with Crippen LogP contribution in [0.25, 0.3) is 0 Å². The van der Waals surface area contributed by atoms with E-state index in [0.29, 0.717) is 5.75 Å². The van der Waals surface area contributed by atoms with Gasteiger partial charge >= 0.3 is 0 Å². The molecule has 0 atom stereocenters. The monoisotopic (exact) mass is 635 g/mol. The lowest BCUT2D eigenvalue weighted by Gasteiger charge is -2.17. The summed E-state index contributed by atoms with van der Waals surface area (Å²) in [6.07, 6.45) is 38.3. The summed E-state index contributed by atoms with van der Waals surface area (Å²) < 4.78 is 0. The molecule has 0 aliphatic heterocycles. The van der Waals surface area contributed by atoms with Crippen LogP contribution in [0.3, 0.4) is 0 Å². The summed E-state index contributed by atoms with van der Waals surface area (Å²) in [5, 5.41) is 11.4. The van der Waals surface area contributed by atoms with Crippen molar-refractivity contribution in [2.75, 3.05) is 11.5 Å². The summed E-state index contributed by atoms with van der Waals surface area (Å²) >= 11 is 3.84. The molecule has 0 aliphatic rings. The number of unbranched alkanes of at least 4 members (excludes halogenated alkanes) is 24. The smallest absolute Gasteiger partial charge is 0.142 e. The van der Waals surface area contributed by atoms with Crippen molar-refractivity contribution in [3.8, 4) is 5.75 Å². The standard InChI is InChI=1S/C40H74OS2/c1-5-8-11-14-17-19-21-24-27-30-33-42-38-35-37(32-29-26-23-16-13-10-7-3)36(4)40(39(38)41)43-34-31-28-25-22-20-18-15-12-9-6-2/h35,41H,5-34H2,1-4H3. The topological polar surface area (TPSA) is 20.2 Å². The van der Waals surface area contributed by atoms with Gasteiger partial charge in [0.25, 0.3) is 0 Å². The lowest BCUT2D eigenvalue weighted by molar-refractivity contribution is 0.447. The van der Waals surface area contributed by atoms with Gasteiger partial charge in [0, 0.05) is 0 Å². The molecule has 0 bridgehead atoms. The normalized spacial score (nSPS) is 11.5. The first-order valence-electron chi connectivity index (χ1n) is 19.3. The van der Waals surface area contributed by atoms with Gasteiger partial charge in [0.05, 0.1) is 9.79 Å². The van der Waals surface area contributed by atoms with Gasteiger partial charge in [-0.2, -0.15) is 0 Å². The van der Waals surface area contributed by atoms with E-state index in [4.69, 9.17) is 0 Å². The van der Waals surface area contributed by atoms with Crippen LogP contribution >= 0.6 is 23.5 Å². The van der Waals surface area contributed by atoms with Crippen LogP contribution in [0.1, 0.15) is 205 Å². The van der Waals surface area contributed by atoms with Crippen molar-refractivity contribution in [1.29, 1.82) is 0 Å². The van der Waals surface area contributed by atoms with E-state index in [2.05, 4.69) is 33.8 Å². The molecular weight excluding hydrogens is 561 g/mol. The molecule has 0 unspecified atom stereocenters. The molecule has 1 rings (SSSR count). The van der Waals surface area contributed by atoms with Crippen molar-refractivity contribution in [1.82, 2.24) is 0 Å². The van der Waals surface area contributed by atoms with Gasteiger partial charge in [-0.05, 0) is 61.3 Å². The molecule has 0 fully saturated rings. The Morgan fingerprint density at radius 1 is 0.465 bits per heavy atom. The number of hydrogen-bond donors (Lipinski definition) is 1. The van der Waals surface area contributed by atoms with Crippen molar-refractivity contribution in [2.24, 2.45) is 0 Å². The fourth-order valence-corrected chi connectivity index (χ4v) is 8.37. The van der Waals surface area contributed by atoms with Crippen LogP contribution < -0.4 is 0 Å². The van der Waals surface area contributed by atoms with Gasteiger partial charge in [0.15, 0.2) is 0 Å². The molecule has 0 heterocycles. The third-order valence-electron chi connectivity index (χ3n) is 9.13. The van der Waals surface area contributed by atoms with E-state index in [9.17, 15) is 5.11 Å². The summed E-state index contributed by atoms with van der Waals surface area (Å²) in [5.41, 5.74) is 2.84. The maximum Gasteiger partial charge on any atom is 0.142 e. The largest absolute Gasteiger partial charge is 0.506 e. The first kappa shape index (κ1) is 40.7. The van der Waals surface area contributed by atoms with Crippen LogP contribution in [-0.2, 0) is 6.42 Å². The Hall–Kier alpha value is -0.280. The van der Waals surface area contributed by atoms with Gasteiger partial charge in [-0.25, -0.2) is 0 Å². The summed E-state index contributed by atoms with van der Waals surface area (Å²) in [5.74, 6) is 2.84. The third-order valence-corrected chi connectivity index (χ3v) is 11.5. The second-order valence-corrected chi connectivity index (χ2v) is 15.5. The maximum absolute atomic E-state index is 11.4. The zero-order valence-corrected chi connectivity index (χ0v) is 31.2. The molecule has 0 aliphatic carbocycles. The number of benzene rings is 1. The number of rotatable bonds is 32. The minimum atomic E-state index is 0.579. The molecular formula is C40H74OS2. The minimum Gasteiger partial charge on any atom is -0.506 e. The highest BCUT2D eigenvalue weighted by atomic mass is 32.2. The van der Waals surface area contributed by atoms with E-state index < -0.39 is 0 Å². The van der Waals surface area contributed by atoms with E-state index in [1.807, 2.05) is 23.5 Å². The highest BCUT2D eigenvalue weighted by Crippen LogP contribution is 2.42. The van der Waals surface area contributed by atoms with Gasteiger partial charge in [-0.3, -0.25) is 0 Å². The number of phenolic OH excluding ortho intramolecular Hbond substituents is 1. The van der Waals surface area contributed by atoms with Crippen molar-refractivity contribution in [2.45, 2.75) is 217 Å². The fraction of sp³-hybridized carbons (Fsp3) is 0.850. The summed E-state index contributed by atoms with van der Waals surface area (Å²) in [6, 6.07) is 2.35. The van der Waals surface area contributed by atoms with Crippen LogP contribution in [-0.4, -0.2) is 16.6 Å². The molecule has 252 valence electrons. The number of hydrogen-bond acceptors (Lipinski definition) is 3. The molecule has 1 N–H and O–H groups in total. The molecule has 1 nitrogen and oxygen atoms in total. The van der Waals surface area contributed by atoms with E-state index in [1.165, 1.54) is 189 Å². The van der Waals surface area contributed by atoms with Crippen LogP contribution in [0, 0.1) is 6.92 Å². The third kappa shape index (κ3) is 22.0. The van der Waals surface area contributed by atoms with Gasteiger partial charge in [0.2, 0.25) is 0 Å². The zero-order valence-electron chi connectivity index (χ0n) is 29.6. The molecule has 0 spiro atoms. The highest BCUT2D eigenvalue weighted by Gasteiger charge is 2.16. The predicted octanol–water partition coefficient (Wildman–Crippen LogP) is 15.0. The molecule has 0 amide bonds. The van der Waals surface area contributed by atoms with Crippen molar-refractivity contribution in [3.63, 3.8) is 0 Å². The van der Waals surface area contributed by atoms with E-state index in [0.717, 1.165) is 22.8 Å². The van der Waals surface area contributed by atoms with Crippen LogP contribution in [0.5, 0.6) is 5.75 Å². The van der Waals surface area contributed by atoms with Crippen LogP contribution in [0.2, 0.25) is 0 Å². The van der Waals surface area contributed by atoms with Gasteiger partial charge in [0.1, 0.15) is 5.75 Å². The van der Waals surface area contributed by atoms with Crippen molar-refractivity contribution in [3.05, 3.63) is 17.2 Å². The molecule has 1 aromatic rings. The Morgan fingerprint density at radius 3 is 1.23 bits per heavy atom. The molecule has 43 heavy (non-hydrogen) atoms. The fourth-order valence-electron chi connectivity index (χ4n) is 6.12. The Bertz CT molecular complexity index is 746. The van der Waals surface area contributed by atoms with Crippen LogP contribution in [0.4, 0.5) is 0 Å². The average Bonchev–Trinajstić information content (AvgIpc) is 3.01. The Morgan fingerprint density at radius 2 is 0.814 bits per heavy atom. The second kappa shape index (κ2) is 30.4. The summed E-state index contributed by atoms with van der Waals surface area (Å²) in [7, 11) is 0. The van der Waals surface area contributed by atoms with Gasteiger partial charge in [-0.1, -0.05) is 175 Å². The van der Waals surface area contributed by atoms with E-state index in [-0.39, 0.29) is 0 Å². The lowest BCUT2D eigenvalue weighted by atomic mass is 10.0. The lowest BCUT2D eigenvalue weighted by Crippen LogP contribution is -1.97. The second-order valence-electron chi connectivity index (χ2n) is 13.3. The predicted molar refractivity (Wildman–Crippen MR) is 200 cm³/mol. The molecule has 0 aromatic heterocycles. The average molecular weight is 635 g/mol. The summed E-state index contributed by atoms with van der Waals surface area (Å²) in [6.45, 7) is 9.16. The molecule has 0 saturated carbocycles. The molecule has 0 radical (unpaired) electrons. The van der Waals surface area contributed by atoms with Crippen molar-refractivity contribution >= 4 is 23.5 Å². The molecule has 0 saturated heterocycles. The maximum atomic E-state index is 11.4. The van der Waals surface area contributed by atoms with Gasteiger partial charge < -0.3 is 5.11 Å². The van der Waals surface area contributed by atoms with Crippen molar-refractivity contribution < 1.29 is 5.11 Å². The number of aryl methyl sites for hydroxylation is 1. The minimum absolute atomic E-state index is 0.579. The highest BCUT2D eigenvalue weighted by molar-refractivity contribution is 8.00. The first-order chi connectivity index (χ1) is 21.2. The number of phenols is 1. The van der Waals surface area contributed by atoms with E-state index in [1.54, 1.807) is 0 Å². The quantitative estimate of drug-likeness (QED) is 0.0629. The first-order valence-corrected chi connectivity index (χ1v) is 21.2. The Balaban J connectivity index is 2.52. The Labute approximate surface area is 279 Å². The SMILES string of the molecule is CCCCCCCCCCCCSc1cc(CCCCCCCCC)c(C)c(SCCCCCCCCCCCC)c1O. The van der Waals surface area contributed by atoms with Crippen LogP contribution in [0.15, 0.2) is 15.9 Å². The zero-order chi connectivity index (χ0) is 31.2. The molecule has 1 aromatic carbocycles. The molecule has 3 heteroatoms.